The Morgan fingerprint density at radius 3 is 2.95 bits per heavy atom. The molecular weight excluding hydrogens is 304 g/mol. The second kappa shape index (κ2) is 6.23. The van der Waals surface area contributed by atoms with Crippen LogP contribution in [0.4, 0.5) is 10.5 Å². The Kier molecular flexibility index (Phi) is 4.61. The van der Waals surface area contributed by atoms with Crippen LogP contribution in [0.5, 0.6) is 5.75 Å². The highest BCUT2D eigenvalue weighted by Gasteiger charge is 2.34. The molecule has 1 aliphatic heterocycles. The number of urea groups is 1. The third-order valence-corrected chi connectivity index (χ3v) is 4.08. The predicted molar refractivity (Wildman–Crippen MR) is 77.6 cm³/mol. The molecule has 0 aromatic heterocycles. The van der Waals surface area contributed by atoms with E-state index in [9.17, 15) is 9.59 Å². The molecule has 6 nitrogen and oxygen atoms in total. The van der Waals surface area contributed by atoms with Gasteiger partial charge in [0.25, 0.3) is 0 Å². The molecule has 2 N–H and O–H groups in total. The van der Waals surface area contributed by atoms with E-state index in [0.29, 0.717) is 28.1 Å². The van der Waals surface area contributed by atoms with Crippen molar-refractivity contribution in [1.29, 1.82) is 0 Å². The zero-order valence-electron chi connectivity index (χ0n) is 10.6. The van der Waals surface area contributed by atoms with E-state index in [1.165, 1.54) is 23.8 Å². The number of carboxylic acid groups (broad SMARTS) is 1. The van der Waals surface area contributed by atoms with Gasteiger partial charge in [0.1, 0.15) is 11.8 Å². The maximum atomic E-state index is 12.1. The van der Waals surface area contributed by atoms with E-state index in [1.807, 2.05) is 0 Å². The summed E-state index contributed by atoms with van der Waals surface area (Å²) in [5, 5.41) is 12.1. The summed E-state index contributed by atoms with van der Waals surface area (Å²) in [5.74, 6) is 0.172. The zero-order chi connectivity index (χ0) is 14.7. The Labute approximate surface area is 125 Å². The quantitative estimate of drug-likeness (QED) is 0.895. The van der Waals surface area contributed by atoms with Crippen LogP contribution in [0, 0.1) is 0 Å². The maximum absolute atomic E-state index is 12.1. The summed E-state index contributed by atoms with van der Waals surface area (Å²) < 4.78 is 5.12. The van der Waals surface area contributed by atoms with Gasteiger partial charge >= 0.3 is 12.0 Å². The van der Waals surface area contributed by atoms with Crippen molar-refractivity contribution in [2.75, 3.05) is 24.1 Å². The molecule has 108 valence electrons. The summed E-state index contributed by atoms with van der Waals surface area (Å²) in [6.07, 6.45) is 0. The van der Waals surface area contributed by atoms with Crippen molar-refractivity contribution in [2.24, 2.45) is 0 Å². The molecule has 1 aliphatic rings. The average molecular weight is 317 g/mol. The van der Waals surface area contributed by atoms with Gasteiger partial charge in [-0.3, -0.25) is 0 Å². The fourth-order valence-electron chi connectivity index (χ4n) is 1.81. The van der Waals surface area contributed by atoms with Gasteiger partial charge in [-0.05, 0) is 18.2 Å². The van der Waals surface area contributed by atoms with Crippen molar-refractivity contribution in [3.63, 3.8) is 0 Å². The minimum atomic E-state index is -1.01. The van der Waals surface area contributed by atoms with E-state index >= 15 is 0 Å². The van der Waals surface area contributed by atoms with Crippen molar-refractivity contribution >= 4 is 41.1 Å². The number of rotatable bonds is 3. The molecule has 0 aliphatic carbocycles. The van der Waals surface area contributed by atoms with Crippen molar-refractivity contribution in [2.45, 2.75) is 6.04 Å². The van der Waals surface area contributed by atoms with Crippen molar-refractivity contribution < 1.29 is 19.4 Å². The minimum Gasteiger partial charge on any atom is -0.495 e. The molecule has 2 amide bonds. The second-order valence-electron chi connectivity index (χ2n) is 4.10. The van der Waals surface area contributed by atoms with E-state index in [1.54, 1.807) is 18.2 Å². The third-order valence-electron chi connectivity index (χ3n) is 2.83. The fourth-order valence-corrected chi connectivity index (χ4v) is 3.13. The standard InChI is InChI=1S/C12H13ClN2O4S/c1-19-10-3-2-7(13)4-8(10)14-12(18)15-6-20-5-9(15)11(16)17/h2-4,9H,5-6H2,1H3,(H,14,18)(H,16,17). The number of carbonyl (C=O) groups is 2. The Morgan fingerprint density at radius 1 is 1.55 bits per heavy atom. The predicted octanol–water partition coefficient (Wildman–Crippen LogP) is 2.34. The number of benzene rings is 1. The number of nitrogens with zero attached hydrogens (tertiary/aromatic N) is 1. The molecule has 0 saturated carbocycles. The van der Waals surface area contributed by atoms with Crippen LogP contribution in [0.15, 0.2) is 18.2 Å². The summed E-state index contributed by atoms with van der Waals surface area (Å²) in [6, 6.07) is 3.53. The Balaban J connectivity index is 2.15. The smallest absolute Gasteiger partial charge is 0.327 e. The van der Waals surface area contributed by atoms with E-state index in [-0.39, 0.29) is 0 Å². The van der Waals surface area contributed by atoms with Crippen LogP contribution in [-0.4, -0.2) is 46.8 Å². The highest BCUT2D eigenvalue weighted by molar-refractivity contribution is 7.99. The highest BCUT2D eigenvalue weighted by Crippen LogP contribution is 2.29. The van der Waals surface area contributed by atoms with Gasteiger partial charge < -0.3 is 20.1 Å². The topological polar surface area (TPSA) is 78.9 Å². The number of aliphatic carboxylic acids is 1. The van der Waals surface area contributed by atoms with Gasteiger partial charge in [0.2, 0.25) is 0 Å². The SMILES string of the molecule is COc1ccc(Cl)cc1NC(=O)N1CSCC1C(=O)O. The van der Waals surface area contributed by atoms with Crippen LogP contribution >= 0.6 is 23.4 Å². The number of amides is 2. The summed E-state index contributed by atoms with van der Waals surface area (Å²) in [5.41, 5.74) is 0.408. The first-order valence-electron chi connectivity index (χ1n) is 5.74. The van der Waals surface area contributed by atoms with Crippen molar-refractivity contribution in [3.8, 4) is 5.75 Å². The van der Waals surface area contributed by atoms with Crippen LogP contribution in [-0.2, 0) is 4.79 Å². The molecule has 0 bridgehead atoms. The fraction of sp³-hybridized carbons (Fsp3) is 0.333. The van der Waals surface area contributed by atoms with E-state index in [4.69, 9.17) is 21.4 Å². The number of hydrogen-bond acceptors (Lipinski definition) is 4. The molecule has 1 atom stereocenters. The van der Waals surface area contributed by atoms with Gasteiger partial charge in [-0.25, -0.2) is 9.59 Å². The lowest BCUT2D eigenvalue weighted by Gasteiger charge is -2.21. The Hall–Kier alpha value is -1.60. The minimum absolute atomic E-state index is 0.339. The molecule has 20 heavy (non-hydrogen) atoms. The van der Waals surface area contributed by atoms with Crippen LogP contribution < -0.4 is 10.1 Å². The molecule has 1 aromatic carbocycles. The normalized spacial score (nSPS) is 17.9. The zero-order valence-corrected chi connectivity index (χ0v) is 12.2. The van der Waals surface area contributed by atoms with Crippen LogP contribution in [0.3, 0.4) is 0 Å². The van der Waals surface area contributed by atoms with E-state index in [2.05, 4.69) is 5.32 Å². The molecule has 1 unspecified atom stereocenters. The van der Waals surface area contributed by atoms with E-state index in [0.717, 1.165) is 0 Å². The summed E-state index contributed by atoms with van der Waals surface area (Å²) in [6.45, 7) is 0. The van der Waals surface area contributed by atoms with Gasteiger partial charge in [0.15, 0.2) is 0 Å². The van der Waals surface area contributed by atoms with Gasteiger partial charge in [-0.15, -0.1) is 11.8 Å². The Bertz CT molecular complexity index is 540. The molecule has 1 saturated heterocycles. The van der Waals surface area contributed by atoms with Crippen LogP contribution in [0.2, 0.25) is 5.02 Å². The second-order valence-corrected chi connectivity index (χ2v) is 5.53. The number of carboxylic acids is 1. The highest BCUT2D eigenvalue weighted by atomic mass is 35.5. The number of ether oxygens (including phenoxy) is 1. The third kappa shape index (κ3) is 3.10. The summed E-state index contributed by atoms with van der Waals surface area (Å²) in [7, 11) is 1.48. The largest absolute Gasteiger partial charge is 0.495 e. The molecular formula is C12H13ClN2O4S. The number of nitrogens with one attached hydrogen (secondary N) is 1. The van der Waals surface area contributed by atoms with Gasteiger partial charge in [0.05, 0.1) is 18.7 Å². The monoisotopic (exact) mass is 316 g/mol. The number of anilines is 1. The van der Waals surface area contributed by atoms with Crippen LogP contribution in [0.1, 0.15) is 0 Å². The summed E-state index contributed by atoms with van der Waals surface area (Å²) in [4.78, 5) is 24.5. The molecule has 8 heteroatoms. The number of carbonyl (C=O) groups excluding carboxylic acids is 1. The number of methoxy groups -OCH3 is 1. The maximum Gasteiger partial charge on any atom is 0.327 e. The van der Waals surface area contributed by atoms with Gasteiger partial charge in [-0.1, -0.05) is 11.6 Å². The molecule has 0 spiro atoms. The number of hydrogen-bond donors (Lipinski definition) is 2. The lowest BCUT2D eigenvalue weighted by atomic mass is 10.3. The average Bonchev–Trinajstić information content (AvgIpc) is 2.88. The Morgan fingerprint density at radius 2 is 2.30 bits per heavy atom. The first kappa shape index (κ1) is 14.8. The van der Waals surface area contributed by atoms with Crippen LogP contribution in [0.25, 0.3) is 0 Å². The van der Waals surface area contributed by atoms with Gasteiger partial charge in [-0.2, -0.15) is 0 Å². The van der Waals surface area contributed by atoms with Crippen molar-refractivity contribution in [3.05, 3.63) is 23.2 Å². The number of halogens is 1. The molecule has 1 aromatic rings. The molecule has 1 fully saturated rings. The number of thioether (sulfide) groups is 1. The molecule has 0 radical (unpaired) electrons. The molecule has 2 rings (SSSR count). The first-order chi connectivity index (χ1) is 9.52. The molecule has 1 heterocycles. The lowest BCUT2D eigenvalue weighted by molar-refractivity contribution is -0.140. The van der Waals surface area contributed by atoms with Crippen molar-refractivity contribution in [1.82, 2.24) is 4.90 Å². The van der Waals surface area contributed by atoms with E-state index < -0.39 is 18.0 Å². The first-order valence-corrected chi connectivity index (χ1v) is 7.28. The van der Waals surface area contributed by atoms with Gasteiger partial charge in [0, 0.05) is 10.8 Å². The lowest BCUT2D eigenvalue weighted by Crippen LogP contribution is -2.44. The summed E-state index contributed by atoms with van der Waals surface area (Å²) >= 11 is 7.27.